The van der Waals surface area contributed by atoms with Crippen LogP contribution < -0.4 is 5.32 Å². The van der Waals surface area contributed by atoms with Crippen molar-refractivity contribution in [3.05, 3.63) is 0 Å². The second-order valence-corrected chi connectivity index (χ2v) is 6.13. The minimum absolute atomic E-state index is 0.0914. The Kier molecular flexibility index (Phi) is 3.57. The summed E-state index contributed by atoms with van der Waals surface area (Å²) in [4.78, 5) is 14.3. The van der Waals surface area contributed by atoms with Crippen molar-refractivity contribution in [3.63, 3.8) is 0 Å². The molecule has 0 amide bonds. The van der Waals surface area contributed by atoms with E-state index in [-0.39, 0.29) is 12.0 Å². The molecule has 0 aromatic heterocycles. The van der Waals surface area contributed by atoms with Crippen LogP contribution in [-0.2, 0) is 9.53 Å². The lowest BCUT2D eigenvalue weighted by atomic mass is 10.1. The van der Waals surface area contributed by atoms with E-state index in [4.69, 9.17) is 4.74 Å². The highest BCUT2D eigenvalue weighted by Gasteiger charge is 2.38. The molecule has 0 aromatic rings. The summed E-state index contributed by atoms with van der Waals surface area (Å²) < 4.78 is 4.90. The quantitative estimate of drug-likeness (QED) is 0.720. The molecular weight excluding hydrogens is 228 g/mol. The first kappa shape index (κ1) is 12.4. The fourth-order valence-corrected chi connectivity index (χ4v) is 3.54. The van der Waals surface area contributed by atoms with Crippen molar-refractivity contribution in [2.45, 2.75) is 56.7 Å². The number of likely N-dealkylation sites (tertiary alicyclic amines) is 1. The predicted molar refractivity (Wildman–Crippen MR) is 69.3 cm³/mol. The standard InChI is InChI=1S/C14H24N2O2/c1-18-14(17)13(15-11-3-4-11)6-7-16-9-10-2-5-12(16)8-10/h10-13,15H,2-9H2,1H3. The number of fused-ring (bicyclic) bond motifs is 2. The third-order valence-corrected chi connectivity index (χ3v) is 4.73. The summed E-state index contributed by atoms with van der Waals surface area (Å²) in [6.45, 7) is 2.29. The highest BCUT2D eigenvalue weighted by Crippen LogP contribution is 2.37. The zero-order valence-corrected chi connectivity index (χ0v) is 11.2. The summed E-state index contributed by atoms with van der Waals surface area (Å²) in [5, 5.41) is 3.41. The average Bonchev–Trinajstić information content (AvgIpc) is 2.96. The smallest absolute Gasteiger partial charge is 0.322 e. The van der Waals surface area contributed by atoms with Gasteiger partial charge in [0.2, 0.25) is 0 Å². The Labute approximate surface area is 109 Å². The number of rotatable bonds is 6. The SMILES string of the molecule is COC(=O)C(CCN1CC2CCC1C2)NC1CC1. The maximum absolute atomic E-state index is 11.7. The highest BCUT2D eigenvalue weighted by atomic mass is 16.5. The molecular formula is C14H24N2O2. The Bertz CT molecular complexity index is 317. The summed E-state index contributed by atoms with van der Waals surface area (Å²) in [5.74, 6) is 0.842. The second-order valence-electron chi connectivity index (χ2n) is 6.13. The molecule has 3 unspecified atom stereocenters. The third-order valence-electron chi connectivity index (χ3n) is 4.73. The molecule has 2 saturated carbocycles. The minimum atomic E-state index is -0.0957. The van der Waals surface area contributed by atoms with Crippen molar-refractivity contribution in [3.8, 4) is 0 Å². The first-order valence-electron chi connectivity index (χ1n) is 7.34. The van der Waals surface area contributed by atoms with Crippen molar-refractivity contribution in [2.75, 3.05) is 20.2 Å². The van der Waals surface area contributed by atoms with Crippen molar-refractivity contribution < 1.29 is 9.53 Å². The van der Waals surface area contributed by atoms with Gasteiger partial charge in [-0.3, -0.25) is 4.79 Å². The van der Waals surface area contributed by atoms with Crippen LogP contribution in [0.5, 0.6) is 0 Å². The summed E-state index contributed by atoms with van der Waals surface area (Å²) in [7, 11) is 1.49. The molecule has 2 aliphatic carbocycles. The van der Waals surface area contributed by atoms with Gasteiger partial charge < -0.3 is 15.0 Å². The highest BCUT2D eigenvalue weighted by molar-refractivity contribution is 5.75. The Morgan fingerprint density at radius 1 is 1.39 bits per heavy atom. The van der Waals surface area contributed by atoms with Gasteiger partial charge in [-0.15, -0.1) is 0 Å². The zero-order valence-electron chi connectivity index (χ0n) is 11.2. The van der Waals surface area contributed by atoms with Crippen LogP contribution in [0.15, 0.2) is 0 Å². The molecule has 0 spiro atoms. The summed E-state index contributed by atoms with van der Waals surface area (Å²) in [5.41, 5.74) is 0. The molecule has 4 heteroatoms. The van der Waals surface area contributed by atoms with E-state index in [1.165, 1.54) is 45.8 Å². The average molecular weight is 252 g/mol. The first-order chi connectivity index (χ1) is 8.76. The van der Waals surface area contributed by atoms with E-state index >= 15 is 0 Å². The number of piperidine rings is 1. The van der Waals surface area contributed by atoms with Gasteiger partial charge in [0.25, 0.3) is 0 Å². The summed E-state index contributed by atoms with van der Waals surface area (Å²) in [6, 6.07) is 1.26. The van der Waals surface area contributed by atoms with Gasteiger partial charge in [0.15, 0.2) is 0 Å². The van der Waals surface area contributed by atoms with E-state index in [1.807, 2.05) is 0 Å². The Morgan fingerprint density at radius 2 is 2.22 bits per heavy atom. The lowest BCUT2D eigenvalue weighted by Crippen LogP contribution is -2.43. The molecule has 2 bridgehead atoms. The van der Waals surface area contributed by atoms with Crippen LogP contribution in [0, 0.1) is 5.92 Å². The van der Waals surface area contributed by atoms with E-state index in [0.29, 0.717) is 6.04 Å². The normalized spacial score (nSPS) is 32.7. The molecule has 0 radical (unpaired) electrons. The van der Waals surface area contributed by atoms with Crippen LogP contribution in [0.1, 0.15) is 38.5 Å². The molecule has 3 rings (SSSR count). The van der Waals surface area contributed by atoms with Gasteiger partial charge in [0.05, 0.1) is 7.11 Å². The molecule has 18 heavy (non-hydrogen) atoms. The number of nitrogens with one attached hydrogen (secondary N) is 1. The largest absolute Gasteiger partial charge is 0.468 e. The number of esters is 1. The van der Waals surface area contributed by atoms with Gasteiger partial charge in [0, 0.05) is 25.2 Å². The number of ether oxygens (including phenoxy) is 1. The number of carbonyl (C=O) groups is 1. The van der Waals surface area contributed by atoms with Crippen molar-refractivity contribution in [1.82, 2.24) is 10.2 Å². The minimum Gasteiger partial charge on any atom is -0.468 e. The van der Waals surface area contributed by atoms with Crippen molar-refractivity contribution >= 4 is 5.97 Å². The topological polar surface area (TPSA) is 41.6 Å². The maximum atomic E-state index is 11.7. The lowest BCUT2D eigenvalue weighted by molar-refractivity contribution is -0.143. The predicted octanol–water partition coefficient (Wildman–Crippen LogP) is 1.15. The van der Waals surface area contributed by atoms with Gasteiger partial charge in [-0.05, 0) is 44.4 Å². The summed E-state index contributed by atoms with van der Waals surface area (Å²) >= 11 is 0. The van der Waals surface area contributed by atoms with E-state index in [0.717, 1.165) is 24.9 Å². The molecule has 0 aromatic carbocycles. The molecule has 1 heterocycles. The fourth-order valence-electron chi connectivity index (χ4n) is 3.54. The third kappa shape index (κ3) is 2.69. The van der Waals surface area contributed by atoms with Gasteiger partial charge in [-0.25, -0.2) is 0 Å². The molecule has 3 aliphatic rings. The molecule has 1 N–H and O–H groups in total. The Morgan fingerprint density at radius 3 is 2.78 bits per heavy atom. The van der Waals surface area contributed by atoms with Crippen LogP contribution in [0.2, 0.25) is 0 Å². The fraction of sp³-hybridized carbons (Fsp3) is 0.929. The van der Waals surface area contributed by atoms with Crippen molar-refractivity contribution in [1.29, 1.82) is 0 Å². The van der Waals surface area contributed by atoms with Crippen LogP contribution in [0.25, 0.3) is 0 Å². The second kappa shape index (κ2) is 5.17. The van der Waals surface area contributed by atoms with Crippen LogP contribution in [0.4, 0.5) is 0 Å². The van der Waals surface area contributed by atoms with E-state index in [2.05, 4.69) is 10.2 Å². The van der Waals surface area contributed by atoms with Gasteiger partial charge >= 0.3 is 5.97 Å². The molecule has 1 aliphatic heterocycles. The molecule has 102 valence electrons. The molecule has 4 nitrogen and oxygen atoms in total. The monoisotopic (exact) mass is 252 g/mol. The molecule has 3 fully saturated rings. The van der Waals surface area contributed by atoms with E-state index < -0.39 is 0 Å². The van der Waals surface area contributed by atoms with Crippen LogP contribution in [-0.4, -0.2) is 49.2 Å². The number of methoxy groups -OCH3 is 1. The van der Waals surface area contributed by atoms with Gasteiger partial charge in [-0.1, -0.05) is 0 Å². The van der Waals surface area contributed by atoms with Crippen LogP contribution >= 0.6 is 0 Å². The number of nitrogens with zero attached hydrogens (tertiary/aromatic N) is 1. The number of carbonyl (C=O) groups excluding carboxylic acids is 1. The Hall–Kier alpha value is -0.610. The molecule has 3 atom stereocenters. The molecule has 1 saturated heterocycles. The van der Waals surface area contributed by atoms with Gasteiger partial charge in [-0.2, -0.15) is 0 Å². The van der Waals surface area contributed by atoms with E-state index in [9.17, 15) is 4.79 Å². The number of hydrogen-bond acceptors (Lipinski definition) is 4. The Balaban J connectivity index is 1.47. The number of hydrogen-bond donors (Lipinski definition) is 1. The van der Waals surface area contributed by atoms with E-state index in [1.54, 1.807) is 0 Å². The van der Waals surface area contributed by atoms with Crippen molar-refractivity contribution in [2.24, 2.45) is 5.92 Å². The lowest BCUT2D eigenvalue weighted by Gasteiger charge is -2.28. The zero-order chi connectivity index (χ0) is 12.5. The maximum Gasteiger partial charge on any atom is 0.322 e. The van der Waals surface area contributed by atoms with Gasteiger partial charge in [0.1, 0.15) is 6.04 Å². The summed E-state index contributed by atoms with van der Waals surface area (Å²) in [6.07, 6.45) is 7.49. The van der Waals surface area contributed by atoms with Crippen LogP contribution in [0.3, 0.4) is 0 Å². The first-order valence-corrected chi connectivity index (χ1v) is 7.34.